The van der Waals surface area contributed by atoms with Crippen LogP contribution in [0.4, 0.5) is 0 Å². The summed E-state index contributed by atoms with van der Waals surface area (Å²) in [5.74, 6) is -1.20. The SMILES string of the molecule is Cc1n[nH]c(C)c1CCC(=O)N/N=C\c1ccccc1OCC(=O)[O-]. The van der Waals surface area contributed by atoms with Crippen molar-refractivity contribution in [2.45, 2.75) is 26.7 Å². The van der Waals surface area contributed by atoms with Crippen molar-refractivity contribution in [1.29, 1.82) is 0 Å². The predicted molar refractivity (Wildman–Crippen MR) is 89.1 cm³/mol. The number of carboxylic acids is 1. The molecule has 0 atom stereocenters. The van der Waals surface area contributed by atoms with E-state index in [1.54, 1.807) is 24.3 Å². The minimum Gasteiger partial charge on any atom is -0.546 e. The summed E-state index contributed by atoms with van der Waals surface area (Å²) in [6.07, 6.45) is 2.25. The molecule has 0 saturated heterocycles. The quantitative estimate of drug-likeness (QED) is 0.525. The van der Waals surface area contributed by atoms with Crippen molar-refractivity contribution in [2.75, 3.05) is 6.61 Å². The first-order valence-corrected chi connectivity index (χ1v) is 7.71. The number of hydrogen-bond donors (Lipinski definition) is 2. The molecule has 1 heterocycles. The number of H-pyrrole nitrogens is 1. The van der Waals surface area contributed by atoms with E-state index >= 15 is 0 Å². The second kappa shape index (κ2) is 8.62. The smallest absolute Gasteiger partial charge is 0.240 e. The molecule has 1 aromatic carbocycles. The number of carboxylic acid groups (broad SMARTS) is 1. The van der Waals surface area contributed by atoms with Crippen molar-refractivity contribution in [3.8, 4) is 5.75 Å². The van der Waals surface area contributed by atoms with E-state index in [1.165, 1.54) is 6.21 Å². The van der Waals surface area contributed by atoms with Gasteiger partial charge < -0.3 is 14.6 Å². The van der Waals surface area contributed by atoms with E-state index in [0.29, 0.717) is 17.7 Å². The molecule has 0 aliphatic rings. The first kappa shape index (κ1) is 18.2. The van der Waals surface area contributed by atoms with Gasteiger partial charge in [0.2, 0.25) is 5.91 Å². The Bertz CT molecular complexity index is 763. The van der Waals surface area contributed by atoms with Crippen molar-refractivity contribution < 1.29 is 19.4 Å². The van der Waals surface area contributed by atoms with Crippen molar-refractivity contribution in [1.82, 2.24) is 15.6 Å². The molecule has 0 radical (unpaired) electrons. The van der Waals surface area contributed by atoms with Gasteiger partial charge >= 0.3 is 0 Å². The molecule has 25 heavy (non-hydrogen) atoms. The molecule has 0 fully saturated rings. The maximum Gasteiger partial charge on any atom is 0.240 e. The number of amides is 1. The Morgan fingerprint density at radius 2 is 2.12 bits per heavy atom. The lowest BCUT2D eigenvalue weighted by molar-refractivity contribution is -0.307. The van der Waals surface area contributed by atoms with Crippen molar-refractivity contribution >= 4 is 18.1 Å². The van der Waals surface area contributed by atoms with Crippen LogP contribution in [0.25, 0.3) is 0 Å². The number of nitrogens with one attached hydrogen (secondary N) is 2. The summed E-state index contributed by atoms with van der Waals surface area (Å²) in [6.45, 7) is 3.24. The molecule has 132 valence electrons. The van der Waals surface area contributed by atoms with Gasteiger partial charge in [0.25, 0.3) is 0 Å². The fraction of sp³-hybridized carbons (Fsp3) is 0.294. The molecule has 8 nitrogen and oxygen atoms in total. The largest absolute Gasteiger partial charge is 0.546 e. The first-order chi connectivity index (χ1) is 12.0. The molecule has 1 aromatic heterocycles. The van der Waals surface area contributed by atoms with Crippen LogP contribution in [0.5, 0.6) is 5.75 Å². The van der Waals surface area contributed by atoms with Gasteiger partial charge in [0, 0.05) is 17.7 Å². The average Bonchev–Trinajstić information content (AvgIpc) is 2.90. The van der Waals surface area contributed by atoms with Crippen LogP contribution in [0, 0.1) is 13.8 Å². The van der Waals surface area contributed by atoms with Crippen LogP contribution >= 0.6 is 0 Å². The molecule has 2 aromatic rings. The number of benzene rings is 1. The van der Waals surface area contributed by atoms with Gasteiger partial charge in [0.05, 0.1) is 17.9 Å². The third kappa shape index (κ3) is 5.45. The van der Waals surface area contributed by atoms with Gasteiger partial charge in [0.1, 0.15) is 12.4 Å². The Labute approximate surface area is 144 Å². The molecule has 0 aliphatic carbocycles. The summed E-state index contributed by atoms with van der Waals surface area (Å²) in [5.41, 5.74) is 5.85. The summed E-state index contributed by atoms with van der Waals surface area (Å²) in [5, 5.41) is 21.3. The van der Waals surface area contributed by atoms with Crippen LogP contribution in [-0.4, -0.2) is 34.9 Å². The van der Waals surface area contributed by atoms with Crippen LogP contribution in [-0.2, 0) is 16.0 Å². The second-order valence-electron chi connectivity index (χ2n) is 5.40. The fourth-order valence-electron chi connectivity index (χ4n) is 2.27. The molecular formula is C17H19N4O4-. The highest BCUT2D eigenvalue weighted by Gasteiger charge is 2.08. The number of carbonyl (C=O) groups is 2. The van der Waals surface area contributed by atoms with E-state index in [-0.39, 0.29) is 12.3 Å². The molecular weight excluding hydrogens is 324 g/mol. The van der Waals surface area contributed by atoms with E-state index < -0.39 is 12.6 Å². The van der Waals surface area contributed by atoms with Gasteiger partial charge in [-0.05, 0) is 38.0 Å². The minimum absolute atomic E-state index is 0.232. The van der Waals surface area contributed by atoms with Crippen LogP contribution in [0.3, 0.4) is 0 Å². The van der Waals surface area contributed by atoms with E-state index in [4.69, 9.17) is 4.74 Å². The summed E-state index contributed by atoms with van der Waals surface area (Å²) in [7, 11) is 0. The molecule has 0 spiro atoms. The van der Waals surface area contributed by atoms with E-state index in [9.17, 15) is 14.7 Å². The van der Waals surface area contributed by atoms with Gasteiger partial charge in [-0.3, -0.25) is 9.89 Å². The molecule has 0 aliphatic heterocycles. The third-order valence-electron chi connectivity index (χ3n) is 3.54. The average molecular weight is 343 g/mol. The monoisotopic (exact) mass is 343 g/mol. The predicted octanol–water partition coefficient (Wildman–Crippen LogP) is 0.238. The summed E-state index contributed by atoms with van der Waals surface area (Å²) in [4.78, 5) is 22.3. The highest BCUT2D eigenvalue weighted by molar-refractivity contribution is 5.85. The number of aromatic amines is 1. The molecule has 0 saturated carbocycles. The van der Waals surface area contributed by atoms with Crippen molar-refractivity contribution in [3.05, 3.63) is 46.8 Å². The number of aryl methyl sites for hydroxylation is 2. The number of aromatic nitrogens is 2. The fourth-order valence-corrected chi connectivity index (χ4v) is 2.27. The lowest BCUT2D eigenvalue weighted by Gasteiger charge is -2.09. The van der Waals surface area contributed by atoms with Gasteiger partial charge in [-0.2, -0.15) is 10.2 Å². The van der Waals surface area contributed by atoms with Crippen LogP contribution in [0.2, 0.25) is 0 Å². The Morgan fingerprint density at radius 3 is 2.80 bits per heavy atom. The van der Waals surface area contributed by atoms with Crippen LogP contribution < -0.4 is 15.3 Å². The molecule has 1 amide bonds. The van der Waals surface area contributed by atoms with E-state index in [1.807, 2.05) is 13.8 Å². The maximum absolute atomic E-state index is 11.9. The molecule has 8 heteroatoms. The first-order valence-electron chi connectivity index (χ1n) is 7.71. The zero-order valence-corrected chi connectivity index (χ0v) is 14.0. The standard InChI is InChI=1S/C17H20N4O4/c1-11-14(12(2)20-19-11)7-8-16(22)21-18-9-13-5-3-4-6-15(13)25-10-17(23)24/h3-6,9H,7-8,10H2,1-2H3,(H,19,20)(H,21,22)(H,23,24)/p-1/b18-9-. The summed E-state index contributed by atoms with van der Waals surface area (Å²) >= 11 is 0. The maximum atomic E-state index is 11.9. The van der Waals surface area contributed by atoms with E-state index in [2.05, 4.69) is 20.7 Å². The Hall–Kier alpha value is -3.16. The molecule has 2 N–H and O–H groups in total. The lowest BCUT2D eigenvalue weighted by Crippen LogP contribution is -2.29. The van der Waals surface area contributed by atoms with Crippen LogP contribution in [0.1, 0.15) is 28.9 Å². The topological polar surface area (TPSA) is 120 Å². The van der Waals surface area contributed by atoms with E-state index in [0.717, 1.165) is 17.0 Å². The molecule has 0 unspecified atom stereocenters. The number of aliphatic carboxylic acids is 1. The third-order valence-corrected chi connectivity index (χ3v) is 3.54. The van der Waals surface area contributed by atoms with Crippen LogP contribution in [0.15, 0.2) is 29.4 Å². The van der Waals surface area contributed by atoms with Gasteiger partial charge in [-0.1, -0.05) is 12.1 Å². The number of hydrogen-bond acceptors (Lipinski definition) is 6. The normalized spacial score (nSPS) is 10.8. The van der Waals surface area contributed by atoms with Crippen molar-refractivity contribution in [3.63, 3.8) is 0 Å². The Morgan fingerprint density at radius 1 is 1.36 bits per heavy atom. The summed E-state index contributed by atoms with van der Waals surface area (Å²) < 4.78 is 5.10. The number of carbonyl (C=O) groups excluding carboxylic acids is 2. The number of nitrogens with zero attached hydrogens (tertiary/aromatic N) is 2. The number of hydrazone groups is 1. The van der Waals surface area contributed by atoms with Crippen molar-refractivity contribution in [2.24, 2.45) is 5.10 Å². The zero-order chi connectivity index (χ0) is 18.2. The minimum atomic E-state index is -1.31. The Kier molecular flexibility index (Phi) is 6.27. The van der Waals surface area contributed by atoms with Gasteiger partial charge in [0.15, 0.2) is 0 Å². The highest BCUT2D eigenvalue weighted by Crippen LogP contribution is 2.15. The van der Waals surface area contributed by atoms with Gasteiger partial charge in [-0.25, -0.2) is 5.43 Å². The molecule has 2 rings (SSSR count). The number of para-hydroxylation sites is 1. The zero-order valence-electron chi connectivity index (χ0n) is 14.0. The second-order valence-corrected chi connectivity index (χ2v) is 5.40. The Balaban J connectivity index is 1.88. The van der Waals surface area contributed by atoms with Gasteiger partial charge in [-0.15, -0.1) is 0 Å². The lowest BCUT2D eigenvalue weighted by atomic mass is 10.1. The number of ether oxygens (including phenoxy) is 1. The summed E-state index contributed by atoms with van der Waals surface area (Å²) in [6, 6.07) is 6.75. The molecule has 0 bridgehead atoms. The number of rotatable bonds is 8. The highest BCUT2D eigenvalue weighted by atomic mass is 16.5.